The van der Waals surface area contributed by atoms with Gasteiger partial charge >= 0.3 is 6.18 Å². The van der Waals surface area contributed by atoms with E-state index in [2.05, 4.69) is 0 Å². The van der Waals surface area contributed by atoms with Gasteiger partial charge in [-0.05, 0) is 31.2 Å². The molecule has 1 rings (SSSR count). The molecule has 0 aliphatic rings. The SMILES string of the molecule is CCC(CN)COc1cccc(C(F)(F)F)c1. The van der Waals surface area contributed by atoms with E-state index in [0.717, 1.165) is 18.6 Å². The van der Waals surface area contributed by atoms with Crippen LogP contribution in [-0.2, 0) is 6.18 Å². The van der Waals surface area contributed by atoms with E-state index in [4.69, 9.17) is 10.5 Å². The predicted molar refractivity (Wildman–Crippen MR) is 59.8 cm³/mol. The van der Waals surface area contributed by atoms with Crippen molar-refractivity contribution >= 4 is 0 Å². The summed E-state index contributed by atoms with van der Waals surface area (Å²) in [6.07, 6.45) is -3.49. The smallest absolute Gasteiger partial charge is 0.416 e. The van der Waals surface area contributed by atoms with Crippen molar-refractivity contribution in [1.29, 1.82) is 0 Å². The molecule has 1 atom stereocenters. The molecule has 0 saturated carbocycles. The van der Waals surface area contributed by atoms with Gasteiger partial charge in [-0.15, -0.1) is 0 Å². The standard InChI is InChI=1S/C12H16F3NO/c1-2-9(7-16)8-17-11-5-3-4-10(6-11)12(13,14)15/h3-6,9H,2,7-8,16H2,1H3. The minimum Gasteiger partial charge on any atom is -0.493 e. The van der Waals surface area contributed by atoms with E-state index >= 15 is 0 Å². The highest BCUT2D eigenvalue weighted by Gasteiger charge is 2.30. The Kier molecular flexibility index (Phi) is 4.81. The molecule has 0 bridgehead atoms. The van der Waals surface area contributed by atoms with Gasteiger partial charge in [0.15, 0.2) is 0 Å². The fraction of sp³-hybridized carbons (Fsp3) is 0.500. The third-order valence-corrected chi connectivity index (χ3v) is 2.56. The highest BCUT2D eigenvalue weighted by Crippen LogP contribution is 2.31. The number of rotatable bonds is 5. The number of hydrogen-bond donors (Lipinski definition) is 1. The first-order chi connectivity index (χ1) is 7.97. The number of hydrogen-bond acceptors (Lipinski definition) is 2. The maximum absolute atomic E-state index is 12.4. The van der Waals surface area contributed by atoms with Crippen LogP contribution in [0.3, 0.4) is 0 Å². The van der Waals surface area contributed by atoms with Crippen molar-refractivity contribution in [3.8, 4) is 5.75 Å². The summed E-state index contributed by atoms with van der Waals surface area (Å²) in [6.45, 7) is 2.77. The van der Waals surface area contributed by atoms with Crippen LogP contribution in [0, 0.1) is 5.92 Å². The Labute approximate surface area is 98.6 Å². The fourth-order valence-electron chi connectivity index (χ4n) is 1.33. The highest BCUT2D eigenvalue weighted by atomic mass is 19.4. The molecule has 0 aliphatic carbocycles. The van der Waals surface area contributed by atoms with Gasteiger partial charge < -0.3 is 10.5 Å². The molecule has 0 amide bonds. The maximum atomic E-state index is 12.4. The number of benzene rings is 1. The normalized spacial score (nSPS) is 13.5. The lowest BCUT2D eigenvalue weighted by atomic mass is 10.1. The maximum Gasteiger partial charge on any atom is 0.416 e. The van der Waals surface area contributed by atoms with E-state index < -0.39 is 11.7 Å². The summed E-state index contributed by atoms with van der Waals surface area (Å²) in [5.41, 5.74) is 4.79. The first-order valence-electron chi connectivity index (χ1n) is 5.47. The fourth-order valence-corrected chi connectivity index (χ4v) is 1.33. The van der Waals surface area contributed by atoms with E-state index in [1.807, 2.05) is 6.92 Å². The Morgan fingerprint density at radius 2 is 2.06 bits per heavy atom. The molecule has 0 aromatic heterocycles. The summed E-state index contributed by atoms with van der Waals surface area (Å²) in [6, 6.07) is 4.87. The number of ether oxygens (including phenoxy) is 1. The molecule has 0 aliphatic heterocycles. The van der Waals surface area contributed by atoms with Gasteiger partial charge in [0.05, 0.1) is 12.2 Å². The monoisotopic (exact) mass is 247 g/mol. The van der Waals surface area contributed by atoms with Gasteiger partial charge in [0.1, 0.15) is 5.75 Å². The molecule has 1 aromatic carbocycles. The van der Waals surface area contributed by atoms with Crippen molar-refractivity contribution in [3.63, 3.8) is 0 Å². The van der Waals surface area contributed by atoms with Crippen molar-refractivity contribution in [2.45, 2.75) is 19.5 Å². The van der Waals surface area contributed by atoms with Gasteiger partial charge in [0.25, 0.3) is 0 Å². The minimum atomic E-state index is -4.34. The molecule has 5 heteroatoms. The lowest BCUT2D eigenvalue weighted by molar-refractivity contribution is -0.137. The summed E-state index contributed by atoms with van der Waals surface area (Å²) in [5, 5.41) is 0. The largest absolute Gasteiger partial charge is 0.493 e. The van der Waals surface area contributed by atoms with Gasteiger partial charge in [-0.25, -0.2) is 0 Å². The van der Waals surface area contributed by atoms with Crippen LogP contribution in [0.15, 0.2) is 24.3 Å². The molecule has 0 heterocycles. The summed E-state index contributed by atoms with van der Waals surface area (Å²) >= 11 is 0. The Morgan fingerprint density at radius 3 is 2.59 bits per heavy atom. The Hall–Kier alpha value is -1.23. The summed E-state index contributed by atoms with van der Waals surface area (Å²) in [4.78, 5) is 0. The molecule has 1 unspecified atom stereocenters. The molecule has 0 radical (unpaired) electrons. The number of nitrogens with two attached hydrogens (primary N) is 1. The van der Waals surface area contributed by atoms with E-state index in [1.54, 1.807) is 0 Å². The van der Waals surface area contributed by atoms with Gasteiger partial charge in [0.2, 0.25) is 0 Å². The number of halogens is 3. The molecule has 2 nitrogen and oxygen atoms in total. The van der Waals surface area contributed by atoms with Crippen LogP contribution in [-0.4, -0.2) is 13.2 Å². The van der Waals surface area contributed by atoms with Crippen LogP contribution in [0.1, 0.15) is 18.9 Å². The average molecular weight is 247 g/mol. The quantitative estimate of drug-likeness (QED) is 0.867. The second kappa shape index (κ2) is 5.91. The van der Waals surface area contributed by atoms with Gasteiger partial charge in [-0.1, -0.05) is 13.0 Å². The molecule has 17 heavy (non-hydrogen) atoms. The van der Waals surface area contributed by atoms with Gasteiger partial charge in [-0.3, -0.25) is 0 Å². The molecule has 2 N–H and O–H groups in total. The third-order valence-electron chi connectivity index (χ3n) is 2.56. The molecule has 0 saturated heterocycles. The molecular formula is C12H16F3NO. The van der Waals surface area contributed by atoms with Gasteiger partial charge in [-0.2, -0.15) is 13.2 Å². The van der Waals surface area contributed by atoms with E-state index in [1.165, 1.54) is 12.1 Å². The van der Waals surface area contributed by atoms with Crippen LogP contribution in [0.2, 0.25) is 0 Å². The predicted octanol–water partition coefficient (Wildman–Crippen LogP) is 3.07. The molecule has 0 fully saturated rings. The van der Waals surface area contributed by atoms with Crippen LogP contribution in [0.25, 0.3) is 0 Å². The second-order valence-corrected chi connectivity index (χ2v) is 3.85. The van der Waals surface area contributed by atoms with Crippen molar-refractivity contribution in [2.75, 3.05) is 13.2 Å². The number of alkyl halides is 3. The van der Waals surface area contributed by atoms with Crippen molar-refractivity contribution in [1.82, 2.24) is 0 Å². The molecular weight excluding hydrogens is 231 g/mol. The summed E-state index contributed by atoms with van der Waals surface area (Å²) in [7, 11) is 0. The minimum absolute atomic E-state index is 0.171. The van der Waals surface area contributed by atoms with Crippen molar-refractivity contribution in [2.24, 2.45) is 11.7 Å². The Balaban J connectivity index is 2.66. The molecule has 1 aromatic rings. The zero-order valence-electron chi connectivity index (χ0n) is 9.63. The van der Waals surface area contributed by atoms with Gasteiger partial charge in [0, 0.05) is 5.92 Å². The van der Waals surface area contributed by atoms with E-state index in [-0.39, 0.29) is 11.7 Å². The van der Waals surface area contributed by atoms with Crippen molar-refractivity contribution in [3.05, 3.63) is 29.8 Å². The zero-order chi connectivity index (χ0) is 12.9. The Bertz CT molecular complexity index is 348. The summed E-state index contributed by atoms with van der Waals surface area (Å²) in [5.74, 6) is 0.399. The molecule has 0 spiro atoms. The average Bonchev–Trinajstić information content (AvgIpc) is 2.30. The topological polar surface area (TPSA) is 35.2 Å². The van der Waals surface area contributed by atoms with Crippen LogP contribution < -0.4 is 10.5 Å². The first kappa shape index (κ1) is 13.8. The Morgan fingerprint density at radius 1 is 1.35 bits per heavy atom. The lowest BCUT2D eigenvalue weighted by Gasteiger charge is -2.14. The van der Waals surface area contributed by atoms with Crippen LogP contribution in [0.5, 0.6) is 5.75 Å². The summed E-state index contributed by atoms with van der Waals surface area (Å²) < 4.78 is 42.6. The highest BCUT2D eigenvalue weighted by molar-refractivity contribution is 5.30. The second-order valence-electron chi connectivity index (χ2n) is 3.85. The lowest BCUT2D eigenvalue weighted by Crippen LogP contribution is -2.20. The zero-order valence-corrected chi connectivity index (χ0v) is 9.63. The third kappa shape index (κ3) is 4.26. The van der Waals surface area contributed by atoms with E-state index in [0.29, 0.717) is 13.2 Å². The molecule has 96 valence electrons. The van der Waals surface area contributed by atoms with E-state index in [9.17, 15) is 13.2 Å². The van der Waals surface area contributed by atoms with Crippen LogP contribution >= 0.6 is 0 Å². The van der Waals surface area contributed by atoms with Crippen LogP contribution in [0.4, 0.5) is 13.2 Å². The van der Waals surface area contributed by atoms with Crippen molar-refractivity contribution < 1.29 is 17.9 Å². The first-order valence-corrected chi connectivity index (χ1v) is 5.47.